The van der Waals surface area contributed by atoms with Crippen LogP contribution in [0.15, 0.2) is 42.0 Å². The molecule has 6 aliphatic carbocycles. The molecule has 2 spiro atoms. The Balaban J connectivity index is 1.31. The summed E-state index contributed by atoms with van der Waals surface area (Å²) in [6, 6.07) is 3.33. The van der Waals surface area contributed by atoms with E-state index in [0.29, 0.717) is 50.8 Å². The first-order chi connectivity index (χ1) is 21.8. The lowest BCUT2D eigenvalue weighted by atomic mass is 9.32. The van der Waals surface area contributed by atoms with E-state index in [1.807, 2.05) is 0 Å². The van der Waals surface area contributed by atoms with Crippen molar-refractivity contribution in [1.82, 2.24) is 4.90 Å². The smallest absolute Gasteiger partial charge is 0.409 e. The summed E-state index contributed by atoms with van der Waals surface area (Å²) in [5.41, 5.74) is -2.75. The van der Waals surface area contributed by atoms with E-state index in [4.69, 9.17) is 9.47 Å². The van der Waals surface area contributed by atoms with Gasteiger partial charge in [-0.2, -0.15) is 0 Å². The van der Waals surface area contributed by atoms with Gasteiger partial charge in [-0.25, -0.2) is 13.6 Å². The zero-order valence-corrected chi connectivity index (χ0v) is 27.2. The summed E-state index contributed by atoms with van der Waals surface area (Å²) in [7, 11) is 0. The van der Waals surface area contributed by atoms with Crippen LogP contribution in [0.25, 0.3) is 0 Å². The van der Waals surface area contributed by atoms with Gasteiger partial charge in [-0.15, -0.1) is 0 Å². The molecule has 1 heterocycles. The van der Waals surface area contributed by atoms with Gasteiger partial charge in [0.15, 0.2) is 17.4 Å². The first-order valence-electron chi connectivity index (χ1n) is 17.2. The fourth-order valence-electron chi connectivity index (χ4n) is 11.2. The Morgan fingerprint density at radius 1 is 1.02 bits per heavy atom. The molecule has 8 rings (SSSR count). The van der Waals surface area contributed by atoms with Crippen LogP contribution in [0.1, 0.15) is 88.9 Å². The number of fused-ring (bicyclic) bond motifs is 1. The molecule has 0 aromatic heterocycles. The summed E-state index contributed by atoms with van der Waals surface area (Å²) in [5, 5.41) is 23.6. The summed E-state index contributed by atoms with van der Waals surface area (Å²) < 4.78 is 39.8. The maximum Gasteiger partial charge on any atom is 0.409 e. The number of ether oxygens (including phenoxy) is 2. The standard InChI is InChI=1S/C37H47F2NO6/c1-4-45-32(43)40(21-25-6-5-17-46-25)22-36(44)14-11-30-34(36,3)13-10-29-33(2)12-9-24(41)19-35(33)15-16-37(29,30)26(20-35)31(42)23-7-8-27(38)28(39)18-23/h7-8,15-16,18,20,24-25,29-30,41,44H,4-6,9-14,17,19,21-22H2,1-3H3. The lowest BCUT2D eigenvalue weighted by Crippen LogP contribution is -2.67. The third kappa shape index (κ3) is 4.36. The van der Waals surface area contributed by atoms with Crippen LogP contribution in [-0.2, 0) is 9.47 Å². The fraction of sp³-hybridized carbons (Fsp3) is 0.676. The van der Waals surface area contributed by atoms with E-state index in [-0.39, 0.29) is 47.9 Å². The van der Waals surface area contributed by atoms with E-state index in [2.05, 4.69) is 32.1 Å². The molecule has 9 unspecified atom stereocenters. The molecule has 9 heteroatoms. The van der Waals surface area contributed by atoms with Gasteiger partial charge in [-0.05, 0) is 100 Å². The molecular weight excluding hydrogens is 592 g/mol. The number of halogens is 2. The number of amides is 1. The highest BCUT2D eigenvalue weighted by Gasteiger charge is 2.74. The molecule has 4 fully saturated rings. The number of rotatable bonds is 7. The van der Waals surface area contributed by atoms with Crippen molar-refractivity contribution in [2.75, 3.05) is 26.3 Å². The number of Topliss-reactive ketones (excluding diaryl/α,β-unsaturated/α-hetero) is 1. The molecule has 7 nitrogen and oxygen atoms in total. The summed E-state index contributed by atoms with van der Waals surface area (Å²) >= 11 is 0. The minimum absolute atomic E-state index is 0.0558. The highest BCUT2D eigenvalue weighted by molar-refractivity contribution is 6.10. The van der Waals surface area contributed by atoms with E-state index < -0.39 is 45.7 Å². The first-order valence-corrected chi connectivity index (χ1v) is 17.2. The van der Waals surface area contributed by atoms with Crippen LogP contribution in [0.2, 0.25) is 0 Å². The van der Waals surface area contributed by atoms with Gasteiger partial charge in [0.2, 0.25) is 0 Å². The van der Waals surface area contributed by atoms with Crippen LogP contribution >= 0.6 is 0 Å². The van der Waals surface area contributed by atoms with Gasteiger partial charge in [0, 0.05) is 34.0 Å². The van der Waals surface area contributed by atoms with E-state index in [1.54, 1.807) is 11.8 Å². The zero-order valence-electron chi connectivity index (χ0n) is 27.2. The minimum atomic E-state index is -1.25. The number of nitrogens with zero attached hydrogens (tertiary/aromatic N) is 1. The van der Waals surface area contributed by atoms with Crippen molar-refractivity contribution < 1.29 is 38.1 Å². The molecule has 46 heavy (non-hydrogen) atoms. The Labute approximate surface area is 270 Å². The summed E-state index contributed by atoms with van der Waals surface area (Å²) in [6.07, 6.45) is 11.7. The molecule has 1 aromatic rings. The molecule has 3 saturated carbocycles. The van der Waals surface area contributed by atoms with Gasteiger partial charge in [-0.1, -0.05) is 32.1 Å². The van der Waals surface area contributed by atoms with Crippen molar-refractivity contribution in [3.8, 4) is 0 Å². The number of ketones is 1. The molecule has 1 aromatic carbocycles. The number of hydrogen-bond acceptors (Lipinski definition) is 6. The average molecular weight is 640 g/mol. The molecule has 1 amide bonds. The Morgan fingerprint density at radius 2 is 1.76 bits per heavy atom. The van der Waals surface area contributed by atoms with E-state index in [0.717, 1.165) is 37.8 Å². The van der Waals surface area contributed by atoms with Crippen molar-refractivity contribution >= 4 is 11.9 Å². The molecule has 2 N–H and O–H groups in total. The second-order valence-electron chi connectivity index (χ2n) is 15.5. The fourth-order valence-corrected chi connectivity index (χ4v) is 11.2. The van der Waals surface area contributed by atoms with Crippen LogP contribution < -0.4 is 0 Å². The molecule has 7 aliphatic rings. The number of allylic oxidation sites excluding steroid dienone is 4. The maximum atomic E-state index is 14.5. The van der Waals surface area contributed by atoms with Crippen molar-refractivity contribution in [3.05, 3.63) is 59.2 Å². The van der Waals surface area contributed by atoms with E-state index in [1.165, 1.54) is 6.07 Å². The molecule has 9 atom stereocenters. The largest absolute Gasteiger partial charge is 0.450 e. The Morgan fingerprint density at radius 3 is 2.48 bits per heavy atom. The Hall–Kier alpha value is -2.62. The van der Waals surface area contributed by atoms with Crippen molar-refractivity contribution in [2.45, 2.75) is 96.4 Å². The molecule has 1 saturated heterocycles. The van der Waals surface area contributed by atoms with Crippen molar-refractivity contribution in [1.29, 1.82) is 0 Å². The third-order valence-electron chi connectivity index (χ3n) is 13.6. The lowest BCUT2D eigenvalue weighted by molar-refractivity contribution is -0.175. The van der Waals surface area contributed by atoms with E-state index in [9.17, 15) is 28.6 Å². The highest BCUT2D eigenvalue weighted by atomic mass is 19.2. The monoisotopic (exact) mass is 639 g/mol. The predicted molar refractivity (Wildman–Crippen MR) is 167 cm³/mol. The number of aliphatic hydroxyl groups excluding tert-OH is 1. The summed E-state index contributed by atoms with van der Waals surface area (Å²) in [6.45, 7) is 7.51. The van der Waals surface area contributed by atoms with Crippen molar-refractivity contribution in [2.24, 2.45) is 33.5 Å². The average Bonchev–Trinajstić information content (AvgIpc) is 3.63. The highest BCUT2D eigenvalue weighted by Crippen LogP contribution is 2.78. The quantitative estimate of drug-likeness (QED) is 0.266. The van der Waals surface area contributed by atoms with Gasteiger partial charge >= 0.3 is 6.09 Å². The van der Waals surface area contributed by atoms with Gasteiger partial charge in [0.25, 0.3) is 0 Å². The number of carbonyl (C=O) groups is 2. The maximum absolute atomic E-state index is 14.5. The van der Waals surface area contributed by atoms with Crippen LogP contribution in [0.3, 0.4) is 0 Å². The number of hydrogen-bond donors (Lipinski definition) is 2. The number of carbonyl (C=O) groups excluding carboxylic acids is 2. The number of benzene rings is 1. The van der Waals surface area contributed by atoms with Crippen LogP contribution in [0, 0.1) is 45.1 Å². The van der Waals surface area contributed by atoms with Crippen molar-refractivity contribution in [3.63, 3.8) is 0 Å². The second kappa shape index (κ2) is 11.0. The molecular formula is C37H47F2NO6. The van der Waals surface area contributed by atoms with Gasteiger partial charge in [-0.3, -0.25) is 4.79 Å². The normalized spacial score (nSPS) is 42.2. The predicted octanol–water partition coefficient (Wildman–Crippen LogP) is 6.38. The van der Waals surface area contributed by atoms with Crippen LogP contribution in [0.5, 0.6) is 0 Å². The summed E-state index contributed by atoms with van der Waals surface area (Å²) in [4.78, 5) is 29.4. The van der Waals surface area contributed by atoms with Gasteiger partial charge in [0.05, 0.1) is 37.5 Å². The third-order valence-corrected chi connectivity index (χ3v) is 13.6. The zero-order chi connectivity index (χ0) is 32.7. The van der Waals surface area contributed by atoms with Crippen LogP contribution in [-0.4, -0.2) is 71.1 Å². The summed E-state index contributed by atoms with van der Waals surface area (Å²) in [5.74, 6) is -2.49. The minimum Gasteiger partial charge on any atom is -0.450 e. The Bertz CT molecular complexity index is 1490. The topological polar surface area (TPSA) is 96.3 Å². The number of aliphatic hydroxyl groups is 2. The molecule has 0 radical (unpaired) electrons. The van der Waals surface area contributed by atoms with Gasteiger partial charge < -0.3 is 24.6 Å². The molecule has 2 bridgehead atoms. The second-order valence-corrected chi connectivity index (χ2v) is 15.5. The molecule has 250 valence electrons. The van der Waals surface area contributed by atoms with Crippen LogP contribution in [0.4, 0.5) is 13.6 Å². The van der Waals surface area contributed by atoms with Gasteiger partial charge in [0.1, 0.15) is 0 Å². The molecule has 1 aliphatic heterocycles. The van der Waals surface area contributed by atoms with E-state index >= 15 is 0 Å². The first kappa shape index (κ1) is 32.0. The SMILES string of the molecule is CCOC(=O)N(CC1CCCO1)CC1(O)CCC2C34C=CC5(C=C3C(=O)c3ccc(F)c(F)c3)CC(O)CCC5(C)C4CCC21C. The lowest BCUT2D eigenvalue weighted by Gasteiger charge is -2.71. The Kier molecular flexibility index (Phi) is 7.61.